The fourth-order valence-corrected chi connectivity index (χ4v) is 2.14. The van der Waals surface area contributed by atoms with Crippen LogP contribution < -0.4 is 8.53 Å². The van der Waals surface area contributed by atoms with Gasteiger partial charge in [0.05, 0.1) is 0 Å². The molecular weight excluding hydrogens is 263 g/mol. The van der Waals surface area contributed by atoms with Crippen molar-refractivity contribution in [3.8, 4) is 11.5 Å². The average Bonchev–Trinajstić information content (AvgIpc) is 2.36. The van der Waals surface area contributed by atoms with Crippen molar-refractivity contribution < 1.29 is 20.9 Å². The van der Waals surface area contributed by atoms with E-state index in [1.54, 1.807) is 18.2 Å². The van der Waals surface area contributed by atoms with E-state index in [1.165, 1.54) is 14.0 Å². The van der Waals surface area contributed by atoms with Crippen LogP contribution in [0.4, 0.5) is 0 Å². The highest BCUT2D eigenvalue weighted by Crippen LogP contribution is 2.27. The summed E-state index contributed by atoms with van der Waals surface area (Å²) >= 11 is -2.53. The highest BCUT2D eigenvalue weighted by molar-refractivity contribution is 6.40. The highest BCUT2D eigenvalue weighted by atomic mass is 27.3. The van der Waals surface area contributed by atoms with E-state index in [9.17, 15) is 4.79 Å². The van der Waals surface area contributed by atoms with Crippen molar-refractivity contribution in [3.63, 3.8) is 0 Å². The molecule has 19 heavy (non-hydrogen) atoms. The van der Waals surface area contributed by atoms with Gasteiger partial charge in [-0.3, -0.25) is 4.79 Å². The average molecular weight is 280 g/mol. The molecule has 0 aliphatic heterocycles. The van der Waals surface area contributed by atoms with E-state index >= 15 is 0 Å². The largest absolute Gasteiger partial charge is 1.10 e. The lowest BCUT2D eigenvalue weighted by atomic mass is 10.3. The Bertz CT molecular complexity index is 446. The second kappa shape index (κ2) is 7.85. The number of rotatable bonds is 7. The SMILES string of the molecule is C=C(C)COc1ccccc1[O][Al]([O]C)[O]C(C)=O. The van der Waals surface area contributed by atoms with Crippen molar-refractivity contribution >= 4 is 21.1 Å². The van der Waals surface area contributed by atoms with Gasteiger partial charge in [0.25, 0.3) is 5.97 Å². The zero-order valence-electron chi connectivity index (χ0n) is 11.3. The van der Waals surface area contributed by atoms with E-state index in [2.05, 4.69) is 6.58 Å². The number of hydrogen-bond acceptors (Lipinski definition) is 5. The van der Waals surface area contributed by atoms with Crippen LogP contribution in [0.15, 0.2) is 36.4 Å². The minimum absolute atomic E-state index is 0.396. The van der Waals surface area contributed by atoms with E-state index in [4.69, 9.17) is 16.1 Å². The molecule has 0 fully saturated rings. The fraction of sp³-hybridized carbons (Fsp3) is 0.308. The normalized spacial score (nSPS) is 9.63. The Morgan fingerprint density at radius 1 is 1.26 bits per heavy atom. The molecule has 102 valence electrons. The number of ether oxygens (including phenoxy) is 1. The molecule has 0 spiro atoms. The molecule has 0 N–H and O–H groups in total. The molecule has 0 atom stereocenters. The Balaban J connectivity index is 2.75. The molecule has 6 heteroatoms. The molecule has 0 heterocycles. The van der Waals surface area contributed by atoms with Gasteiger partial charge in [-0.05, 0) is 24.6 Å². The summed E-state index contributed by atoms with van der Waals surface area (Å²) in [5.74, 6) is 0.620. The molecule has 1 aromatic carbocycles. The van der Waals surface area contributed by atoms with Crippen molar-refractivity contribution in [2.24, 2.45) is 0 Å². The third-order valence-electron chi connectivity index (χ3n) is 2.00. The Morgan fingerprint density at radius 3 is 2.42 bits per heavy atom. The molecule has 0 saturated heterocycles. The molecule has 5 nitrogen and oxygen atoms in total. The van der Waals surface area contributed by atoms with Gasteiger partial charge in [-0.1, -0.05) is 18.7 Å². The molecule has 1 aromatic rings. The summed E-state index contributed by atoms with van der Waals surface area (Å²) in [5, 5.41) is 0. The first-order valence-electron chi connectivity index (χ1n) is 5.75. The second-order valence-corrected chi connectivity index (χ2v) is 5.46. The standard InChI is InChI=1S/C10H12O2.C2H4O2.CH3O.Al/c1-8(2)7-12-10-6-4-3-5-9(10)11;1-2(3)4;1-2;/h3-6,11H,1,7H2,2H3;1H3,(H,3,4);1H3;/q;;-1;+3/p-2. The van der Waals surface area contributed by atoms with Gasteiger partial charge in [0.2, 0.25) is 0 Å². The zero-order chi connectivity index (χ0) is 14.3. The van der Waals surface area contributed by atoms with Gasteiger partial charge in [0.15, 0.2) is 5.75 Å². The lowest BCUT2D eigenvalue weighted by molar-refractivity contribution is -0.134. The van der Waals surface area contributed by atoms with Crippen LogP contribution in [0.3, 0.4) is 0 Å². The maximum absolute atomic E-state index is 10.9. The number of benzene rings is 1. The lowest BCUT2D eigenvalue weighted by Gasteiger charge is -2.15. The first-order chi connectivity index (χ1) is 9.02. The van der Waals surface area contributed by atoms with E-state index < -0.39 is 21.1 Å². The quantitative estimate of drug-likeness (QED) is 0.566. The predicted molar refractivity (Wildman–Crippen MR) is 71.9 cm³/mol. The predicted octanol–water partition coefficient (Wildman–Crippen LogP) is 2.21. The van der Waals surface area contributed by atoms with Crippen LogP contribution in [-0.2, 0) is 12.4 Å². The smallest absolute Gasteiger partial charge is 0.586 e. The first-order valence-corrected chi connectivity index (χ1v) is 7.17. The summed E-state index contributed by atoms with van der Waals surface area (Å²) in [7, 11) is 1.44. The molecule has 0 radical (unpaired) electrons. The molecule has 0 amide bonds. The minimum atomic E-state index is -2.53. The summed E-state index contributed by atoms with van der Waals surface area (Å²) in [4.78, 5) is 10.9. The molecule has 0 saturated carbocycles. The second-order valence-electron chi connectivity index (χ2n) is 3.94. The third kappa shape index (κ3) is 5.79. The van der Waals surface area contributed by atoms with Crippen molar-refractivity contribution in [1.29, 1.82) is 0 Å². The van der Waals surface area contributed by atoms with Crippen LogP contribution in [-0.4, -0.2) is 34.8 Å². The molecule has 1 rings (SSSR count). The van der Waals surface area contributed by atoms with Crippen LogP contribution >= 0.6 is 0 Å². The minimum Gasteiger partial charge on any atom is -0.586 e. The zero-order valence-corrected chi connectivity index (χ0v) is 12.5. The van der Waals surface area contributed by atoms with Crippen LogP contribution in [0, 0.1) is 0 Å². The molecule has 0 aromatic heterocycles. The Labute approximate surface area is 118 Å². The lowest BCUT2D eigenvalue weighted by Crippen LogP contribution is -2.31. The number of carbonyl (C=O) groups excluding carboxylic acids is 1. The third-order valence-corrected chi connectivity index (χ3v) is 3.36. The maximum Gasteiger partial charge on any atom is 1.10 e. The summed E-state index contributed by atoms with van der Waals surface area (Å²) in [5.41, 5.74) is 0.898. The summed E-state index contributed by atoms with van der Waals surface area (Å²) in [6, 6.07) is 7.14. The molecule has 0 aliphatic rings. The van der Waals surface area contributed by atoms with Gasteiger partial charge >= 0.3 is 15.1 Å². The summed E-state index contributed by atoms with van der Waals surface area (Å²) in [6.07, 6.45) is 0. The van der Waals surface area contributed by atoms with Gasteiger partial charge < -0.3 is 16.1 Å². The van der Waals surface area contributed by atoms with Crippen molar-refractivity contribution in [2.75, 3.05) is 13.7 Å². The van der Waals surface area contributed by atoms with E-state index in [-0.39, 0.29) is 0 Å². The molecule has 0 unspecified atom stereocenters. The van der Waals surface area contributed by atoms with Crippen molar-refractivity contribution in [3.05, 3.63) is 36.4 Å². The van der Waals surface area contributed by atoms with Crippen LogP contribution in [0.5, 0.6) is 11.5 Å². The van der Waals surface area contributed by atoms with E-state index in [0.29, 0.717) is 18.1 Å². The Hall–Kier alpha value is -1.48. The monoisotopic (exact) mass is 280 g/mol. The van der Waals surface area contributed by atoms with E-state index in [0.717, 1.165) is 5.57 Å². The number of para-hydroxylation sites is 2. The first kappa shape index (κ1) is 15.6. The maximum atomic E-state index is 10.9. The Kier molecular flexibility index (Phi) is 6.44. The summed E-state index contributed by atoms with van der Waals surface area (Å²) in [6.45, 7) is 7.34. The molecule has 0 aliphatic carbocycles. The van der Waals surface area contributed by atoms with Gasteiger partial charge in [0, 0.05) is 14.0 Å². The van der Waals surface area contributed by atoms with Crippen LogP contribution in [0.2, 0.25) is 0 Å². The molecular formula is C13H17AlO5. The van der Waals surface area contributed by atoms with E-state index in [1.807, 2.05) is 13.0 Å². The summed E-state index contributed by atoms with van der Waals surface area (Å²) < 4.78 is 21.1. The van der Waals surface area contributed by atoms with Gasteiger partial charge in [0.1, 0.15) is 12.4 Å². The Morgan fingerprint density at radius 2 is 1.89 bits per heavy atom. The number of carbonyl (C=O) groups is 1. The van der Waals surface area contributed by atoms with Crippen molar-refractivity contribution in [1.82, 2.24) is 0 Å². The van der Waals surface area contributed by atoms with Crippen molar-refractivity contribution in [2.45, 2.75) is 13.8 Å². The highest BCUT2D eigenvalue weighted by Gasteiger charge is 2.39. The van der Waals surface area contributed by atoms with Crippen LogP contribution in [0.25, 0.3) is 0 Å². The number of hydrogen-bond donors (Lipinski definition) is 0. The van der Waals surface area contributed by atoms with Crippen LogP contribution in [0.1, 0.15) is 13.8 Å². The molecule has 0 bridgehead atoms. The fourth-order valence-electron chi connectivity index (χ4n) is 1.23. The topological polar surface area (TPSA) is 54.0 Å². The van der Waals surface area contributed by atoms with Gasteiger partial charge in [-0.2, -0.15) is 0 Å². The van der Waals surface area contributed by atoms with Gasteiger partial charge in [-0.25, -0.2) is 0 Å². The van der Waals surface area contributed by atoms with Gasteiger partial charge in [-0.15, -0.1) is 0 Å².